The van der Waals surface area contributed by atoms with Crippen LogP contribution in [-0.4, -0.2) is 56.6 Å². The van der Waals surface area contributed by atoms with Crippen LogP contribution in [0, 0.1) is 0 Å². The second-order valence-corrected chi connectivity index (χ2v) is 12.0. The summed E-state index contributed by atoms with van der Waals surface area (Å²) < 4.78 is 71.3. The number of anilines is 1. The van der Waals surface area contributed by atoms with Gasteiger partial charge < -0.3 is 15.0 Å². The van der Waals surface area contributed by atoms with E-state index in [2.05, 4.69) is 5.32 Å². The zero-order chi connectivity index (χ0) is 29.1. The van der Waals surface area contributed by atoms with E-state index in [4.69, 9.17) is 16.3 Å². The maximum atomic E-state index is 13.6. The number of amides is 2. The second kappa shape index (κ2) is 11.8. The average molecular weight is 578 g/mol. The van der Waals surface area contributed by atoms with Crippen LogP contribution < -0.4 is 14.4 Å². The smallest absolute Gasteiger partial charge is 0.417 e. The Morgan fingerprint density at radius 1 is 1.11 bits per heavy atom. The van der Waals surface area contributed by atoms with Crippen LogP contribution in [0.5, 0.6) is 5.75 Å². The fourth-order valence-corrected chi connectivity index (χ4v) is 4.59. The van der Waals surface area contributed by atoms with Gasteiger partial charge in [0.1, 0.15) is 18.3 Å². The molecule has 0 bridgehead atoms. The predicted octanol–water partition coefficient (Wildman–Crippen LogP) is 4.47. The first kappa shape index (κ1) is 31.2. The third kappa shape index (κ3) is 8.52. The number of nitrogens with zero attached hydrogens (tertiary/aromatic N) is 2. The summed E-state index contributed by atoms with van der Waals surface area (Å²) in [4.78, 5) is 27.7. The quantitative estimate of drug-likeness (QED) is 0.475. The lowest BCUT2D eigenvalue weighted by atomic mass is 10.1. The van der Waals surface area contributed by atoms with Gasteiger partial charge >= 0.3 is 6.18 Å². The monoisotopic (exact) mass is 577 g/mol. The van der Waals surface area contributed by atoms with Gasteiger partial charge in [-0.3, -0.25) is 13.9 Å². The van der Waals surface area contributed by atoms with Crippen molar-refractivity contribution in [1.29, 1.82) is 0 Å². The Morgan fingerprint density at radius 2 is 1.74 bits per heavy atom. The standard InChI is InChI=1S/C25H31ClF3N3O5S/c1-16(23(34)30-24(2,3)4)31(14-17-8-7-9-19(12-17)37-5)22(33)15-32(38(6,35)36)18-10-11-21(26)20(13-18)25(27,28)29/h7-13,16H,14-15H2,1-6H3,(H,30,34)/t16-/m0/s1. The molecule has 8 nitrogen and oxygen atoms in total. The number of nitrogens with one attached hydrogen (secondary N) is 1. The first-order valence-corrected chi connectivity index (χ1v) is 13.6. The number of sulfonamides is 1. The molecule has 0 aromatic heterocycles. The lowest BCUT2D eigenvalue weighted by Crippen LogP contribution is -2.54. The Hall–Kier alpha value is -2.99. The molecule has 210 valence electrons. The molecule has 0 aliphatic rings. The molecule has 1 atom stereocenters. The number of alkyl halides is 3. The van der Waals surface area contributed by atoms with Crippen LogP contribution in [0.4, 0.5) is 18.9 Å². The minimum atomic E-state index is -4.85. The first-order chi connectivity index (χ1) is 17.3. The van der Waals surface area contributed by atoms with Crippen LogP contribution in [0.3, 0.4) is 0 Å². The summed E-state index contributed by atoms with van der Waals surface area (Å²) in [6.07, 6.45) is -4.08. The molecule has 2 rings (SSSR count). The Morgan fingerprint density at radius 3 is 2.26 bits per heavy atom. The van der Waals surface area contributed by atoms with Crippen LogP contribution in [-0.2, 0) is 32.3 Å². The molecule has 1 N–H and O–H groups in total. The largest absolute Gasteiger partial charge is 0.497 e. The highest BCUT2D eigenvalue weighted by atomic mass is 35.5. The number of rotatable bonds is 9. The zero-order valence-corrected chi connectivity index (χ0v) is 23.5. The van der Waals surface area contributed by atoms with Crippen molar-refractivity contribution in [3.8, 4) is 5.75 Å². The number of ether oxygens (including phenoxy) is 1. The van der Waals surface area contributed by atoms with Gasteiger partial charge in [0.25, 0.3) is 0 Å². The van der Waals surface area contributed by atoms with Crippen molar-refractivity contribution in [3.05, 3.63) is 58.6 Å². The van der Waals surface area contributed by atoms with Gasteiger partial charge in [0.05, 0.1) is 29.6 Å². The Balaban J connectivity index is 2.51. The van der Waals surface area contributed by atoms with Crippen molar-refractivity contribution in [3.63, 3.8) is 0 Å². The fraction of sp³-hybridized carbons (Fsp3) is 0.440. The second-order valence-electron chi connectivity index (χ2n) is 9.72. The summed E-state index contributed by atoms with van der Waals surface area (Å²) in [5.74, 6) is -0.802. The number of halogens is 4. The van der Waals surface area contributed by atoms with Gasteiger partial charge in [0.15, 0.2) is 0 Å². The van der Waals surface area contributed by atoms with Crippen LogP contribution in [0.1, 0.15) is 38.8 Å². The molecule has 2 amide bonds. The van der Waals surface area contributed by atoms with E-state index in [0.29, 0.717) is 21.7 Å². The van der Waals surface area contributed by atoms with E-state index in [0.717, 1.165) is 23.3 Å². The number of carbonyl (C=O) groups is 2. The van der Waals surface area contributed by atoms with Crippen LogP contribution in [0.25, 0.3) is 0 Å². The maximum Gasteiger partial charge on any atom is 0.417 e. The summed E-state index contributed by atoms with van der Waals surface area (Å²) in [6.45, 7) is 5.81. The Bertz CT molecular complexity index is 1280. The number of hydrogen-bond acceptors (Lipinski definition) is 5. The van der Waals surface area contributed by atoms with E-state index in [1.54, 1.807) is 45.0 Å². The molecule has 0 heterocycles. The average Bonchev–Trinajstić information content (AvgIpc) is 2.78. The SMILES string of the molecule is COc1cccc(CN(C(=O)CN(c2ccc(Cl)c(C(F)(F)F)c2)S(C)(=O)=O)[C@@H](C)C(=O)NC(C)(C)C)c1. The molecule has 0 radical (unpaired) electrons. The number of benzene rings is 2. The fourth-order valence-electron chi connectivity index (χ4n) is 3.52. The van der Waals surface area contributed by atoms with Crippen LogP contribution in [0.2, 0.25) is 5.02 Å². The summed E-state index contributed by atoms with van der Waals surface area (Å²) in [5, 5.41) is 2.16. The van der Waals surface area contributed by atoms with Crippen molar-refractivity contribution in [2.75, 3.05) is 24.2 Å². The van der Waals surface area contributed by atoms with Crippen molar-refractivity contribution < 1.29 is 35.9 Å². The number of methoxy groups -OCH3 is 1. The topological polar surface area (TPSA) is 96.0 Å². The normalized spacial score (nSPS) is 13.0. The Kier molecular flexibility index (Phi) is 9.71. The molecule has 0 fully saturated rings. The third-order valence-electron chi connectivity index (χ3n) is 5.38. The van der Waals surface area contributed by atoms with E-state index in [9.17, 15) is 31.2 Å². The third-order valence-corrected chi connectivity index (χ3v) is 6.85. The zero-order valence-electron chi connectivity index (χ0n) is 21.9. The van der Waals surface area contributed by atoms with Crippen molar-refractivity contribution >= 4 is 39.1 Å². The molecule has 0 unspecified atom stereocenters. The first-order valence-electron chi connectivity index (χ1n) is 11.4. The summed E-state index contributed by atoms with van der Waals surface area (Å²) >= 11 is 5.68. The van der Waals surface area contributed by atoms with E-state index in [1.807, 2.05) is 0 Å². The molecule has 13 heteroatoms. The molecule has 38 heavy (non-hydrogen) atoms. The molecule has 2 aromatic carbocycles. The number of hydrogen-bond donors (Lipinski definition) is 1. The molecule has 0 saturated heterocycles. The van der Waals surface area contributed by atoms with Gasteiger partial charge in [-0.05, 0) is 63.6 Å². The van der Waals surface area contributed by atoms with E-state index in [1.165, 1.54) is 14.0 Å². The minimum absolute atomic E-state index is 0.0964. The highest BCUT2D eigenvalue weighted by Gasteiger charge is 2.36. The van der Waals surface area contributed by atoms with Gasteiger partial charge in [0.2, 0.25) is 21.8 Å². The Labute approximate surface area is 225 Å². The lowest BCUT2D eigenvalue weighted by Gasteiger charge is -2.33. The molecular weight excluding hydrogens is 547 g/mol. The molecule has 2 aromatic rings. The van der Waals surface area contributed by atoms with Gasteiger partial charge in [-0.2, -0.15) is 13.2 Å². The lowest BCUT2D eigenvalue weighted by molar-refractivity contribution is -0.140. The van der Waals surface area contributed by atoms with Crippen molar-refractivity contribution in [2.24, 2.45) is 0 Å². The minimum Gasteiger partial charge on any atom is -0.497 e. The number of carbonyl (C=O) groups excluding carboxylic acids is 2. The van der Waals surface area contributed by atoms with Crippen molar-refractivity contribution in [2.45, 2.75) is 52.0 Å². The molecule has 0 aliphatic heterocycles. The van der Waals surface area contributed by atoms with E-state index >= 15 is 0 Å². The summed E-state index contributed by atoms with van der Waals surface area (Å²) in [5.41, 5.74) is -1.67. The predicted molar refractivity (Wildman–Crippen MR) is 140 cm³/mol. The van der Waals surface area contributed by atoms with Gasteiger partial charge in [-0.25, -0.2) is 8.42 Å². The van der Waals surface area contributed by atoms with Gasteiger partial charge in [-0.1, -0.05) is 23.7 Å². The molecular formula is C25H31ClF3N3O5S. The van der Waals surface area contributed by atoms with Gasteiger partial charge in [-0.15, -0.1) is 0 Å². The molecule has 0 aliphatic carbocycles. The maximum absolute atomic E-state index is 13.6. The molecule has 0 saturated carbocycles. The highest BCUT2D eigenvalue weighted by molar-refractivity contribution is 7.92. The molecule has 0 spiro atoms. The van der Waals surface area contributed by atoms with E-state index in [-0.39, 0.29) is 6.54 Å². The summed E-state index contributed by atoms with van der Waals surface area (Å²) in [7, 11) is -2.76. The van der Waals surface area contributed by atoms with Crippen LogP contribution in [0.15, 0.2) is 42.5 Å². The van der Waals surface area contributed by atoms with Crippen LogP contribution >= 0.6 is 11.6 Å². The van der Waals surface area contributed by atoms with Crippen molar-refractivity contribution in [1.82, 2.24) is 10.2 Å². The van der Waals surface area contributed by atoms with Gasteiger partial charge in [0, 0.05) is 12.1 Å². The summed E-state index contributed by atoms with van der Waals surface area (Å²) in [6, 6.07) is 8.23. The van der Waals surface area contributed by atoms with E-state index < -0.39 is 62.4 Å². The highest BCUT2D eigenvalue weighted by Crippen LogP contribution is 2.37.